The van der Waals surface area contributed by atoms with Gasteiger partial charge in [0.2, 0.25) is 5.56 Å². The smallest absolute Gasteiger partial charge is 0.414 e. The van der Waals surface area contributed by atoms with Gasteiger partial charge in [0.1, 0.15) is 0 Å². The van der Waals surface area contributed by atoms with Gasteiger partial charge in [0, 0.05) is 35.1 Å². The molecule has 0 aliphatic heterocycles. The first kappa shape index (κ1) is 37.7. The van der Waals surface area contributed by atoms with Crippen molar-refractivity contribution in [3.8, 4) is 0 Å². The van der Waals surface area contributed by atoms with Gasteiger partial charge in [-0.1, -0.05) is 69.2 Å². The van der Waals surface area contributed by atoms with Gasteiger partial charge in [0.25, 0.3) is 0 Å². The van der Waals surface area contributed by atoms with Gasteiger partial charge in [-0.2, -0.15) is 0 Å². The predicted octanol–water partition coefficient (Wildman–Crippen LogP) is 6.16. The molecule has 0 spiro atoms. The lowest BCUT2D eigenvalue weighted by atomic mass is 9.82. The largest absolute Gasteiger partial charge is 0.473 e. The molecule has 0 saturated heterocycles. The second kappa shape index (κ2) is 19.8. The number of fused-ring (bicyclic) bond motifs is 3. The van der Waals surface area contributed by atoms with Crippen molar-refractivity contribution in [2.75, 3.05) is 11.9 Å². The lowest BCUT2D eigenvalue weighted by Crippen LogP contribution is -2.17. The maximum Gasteiger partial charge on any atom is 0.414 e. The molecule has 1 aromatic carbocycles. The van der Waals surface area contributed by atoms with Crippen LogP contribution in [0, 0.1) is 0 Å². The second-order valence-electron chi connectivity index (χ2n) is 12.2. The minimum atomic E-state index is -1.82. The normalized spacial score (nSPS) is 14.6. The van der Waals surface area contributed by atoms with E-state index in [1.807, 2.05) is 0 Å². The van der Waals surface area contributed by atoms with E-state index in [0.29, 0.717) is 5.92 Å². The van der Waals surface area contributed by atoms with Gasteiger partial charge in [0.05, 0.1) is 5.52 Å². The lowest BCUT2D eigenvalue weighted by Gasteiger charge is -2.24. The molecule has 6 N–H and O–H groups in total. The van der Waals surface area contributed by atoms with Gasteiger partial charge in [-0.15, -0.1) is 0 Å². The number of carboxylic acids is 4. The van der Waals surface area contributed by atoms with E-state index < -0.39 is 23.9 Å². The minimum absolute atomic E-state index is 0.0509. The average Bonchev–Trinajstić information content (AvgIpc) is 3.07. The molecule has 0 saturated carbocycles. The van der Waals surface area contributed by atoms with Crippen LogP contribution >= 0.6 is 0 Å². The molecule has 2 aliphatic carbocycles. The van der Waals surface area contributed by atoms with Crippen molar-refractivity contribution < 1.29 is 39.6 Å². The van der Waals surface area contributed by atoms with Crippen molar-refractivity contribution in [1.82, 2.24) is 9.97 Å². The highest BCUT2D eigenvalue weighted by atomic mass is 16.4. The SMILES string of the molecule is O=C(O)C(=O)O.O=C(O)C(=O)O.O=c1ccc2c([nH]1)CCCC2CCCCCCCCCCNc1c2c(nc3ccccc13)CCCC2. The Morgan fingerprint density at radius 1 is 0.729 bits per heavy atom. The molecule has 12 heteroatoms. The van der Waals surface area contributed by atoms with Gasteiger partial charge >= 0.3 is 23.9 Å². The highest BCUT2D eigenvalue weighted by Gasteiger charge is 2.20. The summed E-state index contributed by atoms with van der Waals surface area (Å²) < 4.78 is 0. The van der Waals surface area contributed by atoms with E-state index in [0.717, 1.165) is 24.9 Å². The summed E-state index contributed by atoms with van der Waals surface area (Å²) in [5, 5.41) is 34.7. The molecule has 48 heavy (non-hydrogen) atoms. The number of unbranched alkanes of at least 4 members (excludes halogenated alkanes) is 7. The highest BCUT2D eigenvalue weighted by molar-refractivity contribution is 6.27. The van der Waals surface area contributed by atoms with Gasteiger partial charge in [-0.3, -0.25) is 9.78 Å². The van der Waals surface area contributed by atoms with Crippen molar-refractivity contribution in [2.45, 2.75) is 109 Å². The van der Waals surface area contributed by atoms with Crippen molar-refractivity contribution in [3.63, 3.8) is 0 Å². The number of benzene rings is 1. The van der Waals surface area contributed by atoms with E-state index in [-0.39, 0.29) is 5.56 Å². The molecule has 1 unspecified atom stereocenters. The van der Waals surface area contributed by atoms with E-state index in [9.17, 15) is 4.79 Å². The molecular formula is C36H47N3O9. The van der Waals surface area contributed by atoms with Gasteiger partial charge in [-0.25, -0.2) is 19.2 Å². The van der Waals surface area contributed by atoms with E-state index in [2.05, 4.69) is 40.6 Å². The van der Waals surface area contributed by atoms with Crippen LogP contribution in [0.5, 0.6) is 0 Å². The number of nitrogens with one attached hydrogen (secondary N) is 2. The third kappa shape index (κ3) is 12.1. The molecule has 0 fully saturated rings. The molecule has 2 aromatic heterocycles. The first-order chi connectivity index (χ1) is 23.1. The summed E-state index contributed by atoms with van der Waals surface area (Å²) in [5.41, 5.74) is 7.97. The van der Waals surface area contributed by atoms with Crippen molar-refractivity contribution in [1.29, 1.82) is 0 Å². The molecule has 2 heterocycles. The van der Waals surface area contributed by atoms with Crippen LogP contribution in [-0.2, 0) is 38.4 Å². The topological polar surface area (TPSA) is 207 Å². The van der Waals surface area contributed by atoms with Crippen LogP contribution in [0.25, 0.3) is 10.9 Å². The van der Waals surface area contributed by atoms with Crippen LogP contribution < -0.4 is 10.9 Å². The molecule has 3 aromatic rings. The Balaban J connectivity index is 0.000000446. The highest BCUT2D eigenvalue weighted by Crippen LogP contribution is 2.34. The maximum atomic E-state index is 11.6. The number of carbonyl (C=O) groups is 4. The molecule has 0 radical (unpaired) electrons. The molecule has 2 aliphatic rings. The first-order valence-electron chi connectivity index (χ1n) is 16.9. The fraction of sp³-hybridized carbons (Fsp3) is 0.500. The molecule has 260 valence electrons. The Morgan fingerprint density at radius 2 is 1.33 bits per heavy atom. The Hall–Kier alpha value is -4.74. The van der Waals surface area contributed by atoms with E-state index >= 15 is 0 Å². The van der Waals surface area contributed by atoms with Gasteiger partial charge in [0.15, 0.2) is 0 Å². The fourth-order valence-electron chi connectivity index (χ4n) is 6.46. The number of aromatic nitrogens is 2. The summed E-state index contributed by atoms with van der Waals surface area (Å²) in [6.07, 6.45) is 20.3. The molecule has 0 amide bonds. The Labute approximate surface area is 279 Å². The number of pyridine rings is 2. The maximum absolute atomic E-state index is 11.6. The molecule has 5 rings (SSSR count). The Bertz CT molecular complexity index is 1550. The fourth-order valence-corrected chi connectivity index (χ4v) is 6.46. The number of aromatic amines is 1. The summed E-state index contributed by atoms with van der Waals surface area (Å²) in [6.45, 7) is 1.06. The van der Waals surface area contributed by atoms with Crippen LogP contribution in [-0.4, -0.2) is 60.8 Å². The molecule has 0 bridgehead atoms. The number of hydrogen-bond acceptors (Lipinski definition) is 7. The zero-order valence-corrected chi connectivity index (χ0v) is 27.3. The number of H-pyrrole nitrogens is 1. The average molecular weight is 666 g/mol. The zero-order chi connectivity index (χ0) is 34.9. The first-order valence-corrected chi connectivity index (χ1v) is 16.9. The number of nitrogens with zero attached hydrogens (tertiary/aromatic N) is 1. The number of rotatable bonds is 12. The third-order valence-electron chi connectivity index (χ3n) is 8.77. The predicted molar refractivity (Wildman–Crippen MR) is 182 cm³/mol. The number of hydrogen-bond donors (Lipinski definition) is 6. The van der Waals surface area contributed by atoms with Crippen molar-refractivity contribution in [3.05, 3.63) is 69.3 Å². The standard InChI is InChI=1S/C32H43N3O.2C2H2O4/c36-31-22-21-25-24(15-13-20-28(25)35-31)14-7-5-3-1-2-4-6-12-23-33-32-26-16-8-10-18-29(26)34-30-19-11-9-17-27(30)32;2*3-1(4)2(5)6/h8,10,16,18,21-22,24H,1-7,9,11-15,17,19-20,23H2,(H,33,34)(H,35,36);2*(H,3,4)(H,5,6). The number of anilines is 1. The zero-order valence-electron chi connectivity index (χ0n) is 27.3. The van der Waals surface area contributed by atoms with Crippen LogP contribution in [0.2, 0.25) is 0 Å². The lowest BCUT2D eigenvalue weighted by molar-refractivity contribution is -0.159. The Morgan fingerprint density at radius 3 is 2.00 bits per heavy atom. The van der Waals surface area contributed by atoms with E-state index in [1.165, 1.54) is 123 Å². The number of para-hydroxylation sites is 1. The molecular weight excluding hydrogens is 618 g/mol. The number of carboxylic acid groups (broad SMARTS) is 4. The third-order valence-corrected chi connectivity index (χ3v) is 8.77. The quantitative estimate of drug-likeness (QED) is 0.0954. The summed E-state index contributed by atoms with van der Waals surface area (Å²) >= 11 is 0. The number of aliphatic carboxylic acids is 4. The van der Waals surface area contributed by atoms with E-state index in [1.54, 1.807) is 6.07 Å². The molecule has 12 nitrogen and oxygen atoms in total. The van der Waals surface area contributed by atoms with Crippen LogP contribution in [0.4, 0.5) is 5.69 Å². The van der Waals surface area contributed by atoms with Crippen molar-refractivity contribution >= 4 is 40.5 Å². The van der Waals surface area contributed by atoms with Crippen molar-refractivity contribution in [2.24, 2.45) is 0 Å². The second-order valence-corrected chi connectivity index (χ2v) is 12.2. The summed E-state index contributed by atoms with van der Waals surface area (Å²) in [4.78, 5) is 56.0. The summed E-state index contributed by atoms with van der Waals surface area (Å²) in [7, 11) is 0. The minimum Gasteiger partial charge on any atom is -0.473 e. The van der Waals surface area contributed by atoms with Gasteiger partial charge in [-0.05, 0) is 80.9 Å². The molecule has 1 atom stereocenters. The van der Waals surface area contributed by atoms with Crippen LogP contribution in [0.15, 0.2) is 41.2 Å². The summed E-state index contributed by atoms with van der Waals surface area (Å²) in [6, 6.07) is 12.4. The monoisotopic (exact) mass is 665 g/mol. The van der Waals surface area contributed by atoms with E-state index in [4.69, 9.17) is 44.6 Å². The summed E-state index contributed by atoms with van der Waals surface area (Å²) in [5.74, 6) is -6.64. The Kier molecular flexibility index (Phi) is 15.6. The van der Waals surface area contributed by atoms with Gasteiger partial charge < -0.3 is 30.7 Å². The van der Waals surface area contributed by atoms with Crippen LogP contribution in [0.3, 0.4) is 0 Å². The van der Waals surface area contributed by atoms with Crippen LogP contribution in [0.1, 0.15) is 112 Å². The number of aryl methyl sites for hydroxylation is 2.